The van der Waals surface area contributed by atoms with Gasteiger partial charge in [0.25, 0.3) is 0 Å². The molecule has 1 aromatic carbocycles. The van der Waals surface area contributed by atoms with Gasteiger partial charge in [-0.05, 0) is 30.5 Å². The quantitative estimate of drug-likeness (QED) is 0.390. The van der Waals surface area contributed by atoms with Gasteiger partial charge >= 0.3 is 0 Å². The Hall–Kier alpha value is -0.930. The lowest BCUT2D eigenvalue weighted by Gasteiger charge is -2.34. The van der Waals surface area contributed by atoms with Crippen LogP contribution in [-0.4, -0.2) is 49.7 Å². The molecule has 26 heavy (non-hydrogen) atoms. The van der Waals surface area contributed by atoms with Crippen molar-refractivity contribution in [2.45, 2.75) is 44.2 Å². The number of nitrogens with zero attached hydrogens (tertiary/aromatic N) is 2. The molecule has 0 bridgehead atoms. The smallest absolute Gasteiger partial charge is 0.188 e. The van der Waals surface area contributed by atoms with E-state index in [9.17, 15) is 4.39 Å². The molecule has 1 aliphatic heterocycles. The van der Waals surface area contributed by atoms with E-state index in [1.165, 1.54) is 25.3 Å². The molecule has 1 saturated carbocycles. The summed E-state index contributed by atoms with van der Waals surface area (Å²) in [7, 11) is 0. The Morgan fingerprint density at radius 1 is 1.27 bits per heavy atom. The fourth-order valence-electron chi connectivity index (χ4n) is 3.72. The van der Waals surface area contributed by atoms with Gasteiger partial charge in [0.2, 0.25) is 0 Å². The molecule has 7 heteroatoms. The Balaban J connectivity index is 0.00000243. The summed E-state index contributed by atoms with van der Waals surface area (Å²) in [5.41, 5.74) is 7.05. The molecule has 0 spiro atoms. The number of halogens is 2. The summed E-state index contributed by atoms with van der Waals surface area (Å²) in [6, 6.07) is 7.25. The van der Waals surface area contributed by atoms with E-state index < -0.39 is 0 Å². The highest BCUT2D eigenvalue weighted by atomic mass is 127. The Kier molecular flexibility index (Phi) is 9.07. The van der Waals surface area contributed by atoms with Crippen molar-refractivity contribution in [2.75, 3.05) is 32.8 Å². The largest absolute Gasteiger partial charge is 0.379 e. The van der Waals surface area contributed by atoms with Crippen LogP contribution in [-0.2, 0) is 4.74 Å². The third kappa shape index (κ3) is 6.35. The number of ether oxygens (including phenoxy) is 1. The van der Waals surface area contributed by atoms with E-state index >= 15 is 0 Å². The fourth-order valence-corrected chi connectivity index (χ4v) is 3.72. The summed E-state index contributed by atoms with van der Waals surface area (Å²) in [6.45, 7) is 3.57. The van der Waals surface area contributed by atoms with Gasteiger partial charge in [0.15, 0.2) is 5.96 Å². The van der Waals surface area contributed by atoms with E-state index in [1.54, 1.807) is 12.1 Å². The van der Waals surface area contributed by atoms with E-state index in [0.717, 1.165) is 31.5 Å². The number of nitrogens with one attached hydrogen (secondary N) is 1. The summed E-state index contributed by atoms with van der Waals surface area (Å²) < 4.78 is 19.1. The lowest BCUT2D eigenvalue weighted by molar-refractivity contribution is 0.0179. The van der Waals surface area contributed by atoms with Gasteiger partial charge in [-0.2, -0.15) is 0 Å². The maximum Gasteiger partial charge on any atom is 0.188 e. The second kappa shape index (κ2) is 11.0. The van der Waals surface area contributed by atoms with Crippen molar-refractivity contribution in [2.24, 2.45) is 10.7 Å². The van der Waals surface area contributed by atoms with Crippen LogP contribution in [0.4, 0.5) is 4.39 Å². The van der Waals surface area contributed by atoms with Gasteiger partial charge < -0.3 is 15.8 Å². The molecule has 146 valence electrons. The molecule has 0 radical (unpaired) electrons. The van der Waals surface area contributed by atoms with Gasteiger partial charge in [-0.3, -0.25) is 9.89 Å². The Morgan fingerprint density at radius 3 is 2.69 bits per heavy atom. The standard InChI is InChI=1S/C19H29FN4O.HI/c20-16-6-4-5-15(13-16)18(24-9-11-25-12-10-24)14-22-19(21)23-17-7-2-1-3-8-17;/h4-6,13,17-18H,1-3,7-12,14H2,(H3,21,22,23);1H. The number of morpholine rings is 1. The van der Waals surface area contributed by atoms with Gasteiger partial charge in [-0.25, -0.2) is 4.39 Å². The number of rotatable bonds is 5. The summed E-state index contributed by atoms with van der Waals surface area (Å²) in [5, 5.41) is 3.35. The molecular formula is C19H30FIN4O. The predicted molar refractivity (Wildman–Crippen MR) is 113 cm³/mol. The summed E-state index contributed by atoms with van der Waals surface area (Å²) in [6.07, 6.45) is 6.14. The molecule has 2 aliphatic rings. The van der Waals surface area contributed by atoms with Gasteiger partial charge in [0.1, 0.15) is 5.82 Å². The highest BCUT2D eigenvalue weighted by Crippen LogP contribution is 2.23. The molecule has 3 N–H and O–H groups in total. The molecule has 1 saturated heterocycles. The number of aliphatic imine (C=N–C) groups is 1. The number of hydrogen-bond acceptors (Lipinski definition) is 3. The first-order valence-corrected chi connectivity index (χ1v) is 9.36. The Labute approximate surface area is 172 Å². The van der Waals surface area contributed by atoms with Crippen LogP contribution < -0.4 is 11.1 Å². The zero-order valence-corrected chi connectivity index (χ0v) is 17.5. The number of nitrogens with two attached hydrogens (primary N) is 1. The van der Waals surface area contributed by atoms with Crippen molar-refractivity contribution in [1.29, 1.82) is 0 Å². The first-order valence-electron chi connectivity index (χ1n) is 9.36. The molecule has 3 rings (SSSR count). The summed E-state index contributed by atoms with van der Waals surface area (Å²) in [5.74, 6) is 0.287. The molecule has 1 heterocycles. The number of hydrogen-bond donors (Lipinski definition) is 2. The van der Waals surface area contributed by atoms with E-state index in [4.69, 9.17) is 10.5 Å². The molecule has 0 aromatic heterocycles. The predicted octanol–water partition coefficient (Wildman–Crippen LogP) is 3.05. The van der Waals surface area contributed by atoms with Crippen molar-refractivity contribution in [3.63, 3.8) is 0 Å². The minimum atomic E-state index is -0.215. The molecule has 1 unspecified atom stereocenters. The molecule has 2 fully saturated rings. The molecule has 1 atom stereocenters. The minimum absolute atomic E-state index is 0. The normalized spacial score (nSPS) is 21.0. The van der Waals surface area contributed by atoms with Crippen LogP contribution in [0, 0.1) is 5.82 Å². The second-order valence-electron chi connectivity index (χ2n) is 6.92. The van der Waals surface area contributed by atoms with E-state index in [0.29, 0.717) is 31.8 Å². The van der Waals surface area contributed by atoms with Crippen molar-refractivity contribution < 1.29 is 9.13 Å². The third-order valence-electron chi connectivity index (χ3n) is 5.11. The van der Waals surface area contributed by atoms with Crippen LogP contribution >= 0.6 is 24.0 Å². The minimum Gasteiger partial charge on any atom is -0.379 e. The topological polar surface area (TPSA) is 62.9 Å². The highest BCUT2D eigenvalue weighted by molar-refractivity contribution is 14.0. The molecule has 0 amide bonds. The SMILES string of the molecule is I.NC(=NCC(c1cccc(F)c1)N1CCOCC1)NC1CCCCC1. The van der Waals surface area contributed by atoms with Crippen molar-refractivity contribution >= 4 is 29.9 Å². The van der Waals surface area contributed by atoms with Gasteiger partial charge in [0.05, 0.1) is 25.8 Å². The maximum absolute atomic E-state index is 13.7. The average Bonchev–Trinajstić information content (AvgIpc) is 2.64. The van der Waals surface area contributed by atoms with Crippen LogP contribution in [0.1, 0.15) is 43.7 Å². The molecule has 5 nitrogen and oxygen atoms in total. The lowest BCUT2D eigenvalue weighted by Crippen LogP contribution is -2.43. The summed E-state index contributed by atoms with van der Waals surface area (Å²) in [4.78, 5) is 6.88. The van der Waals surface area contributed by atoms with Gasteiger partial charge in [-0.15, -0.1) is 24.0 Å². The Morgan fingerprint density at radius 2 is 2.00 bits per heavy atom. The van der Waals surface area contributed by atoms with Crippen LogP contribution in [0.25, 0.3) is 0 Å². The average molecular weight is 476 g/mol. The van der Waals surface area contributed by atoms with Crippen LogP contribution in [0.3, 0.4) is 0 Å². The molecular weight excluding hydrogens is 446 g/mol. The molecule has 1 aliphatic carbocycles. The van der Waals surface area contributed by atoms with Crippen molar-refractivity contribution in [3.05, 3.63) is 35.6 Å². The van der Waals surface area contributed by atoms with Crippen LogP contribution in [0.2, 0.25) is 0 Å². The lowest BCUT2D eigenvalue weighted by atomic mass is 9.96. The first kappa shape index (κ1) is 21.4. The second-order valence-corrected chi connectivity index (χ2v) is 6.92. The van der Waals surface area contributed by atoms with Gasteiger partial charge in [0, 0.05) is 19.1 Å². The third-order valence-corrected chi connectivity index (χ3v) is 5.11. The van der Waals surface area contributed by atoms with Crippen LogP contribution in [0.15, 0.2) is 29.3 Å². The Bertz CT molecular complexity index is 574. The van der Waals surface area contributed by atoms with E-state index in [2.05, 4.69) is 15.2 Å². The molecule has 1 aromatic rings. The monoisotopic (exact) mass is 476 g/mol. The van der Waals surface area contributed by atoms with Crippen LogP contribution in [0.5, 0.6) is 0 Å². The van der Waals surface area contributed by atoms with Crippen molar-refractivity contribution in [3.8, 4) is 0 Å². The highest BCUT2D eigenvalue weighted by Gasteiger charge is 2.23. The maximum atomic E-state index is 13.7. The fraction of sp³-hybridized carbons (Fsp3) is 0.632. The first-order chi connectivity index (χ1) is 12.2. The van der Waals surface area contributed by atoms with E-state index in [1.807, 2.05) is 6.07 Å². The number of benzene rings is 1. The zero-order chi connectivity index (χ0) is 17.5. The van der Waals surface area contributed by atoms with E-state index in [-0.39, 0.29) is 35.8 Å². The number of guanidine groups is 1. The van der Waals surface area contributed by atoms with Gasteiger partial charge in [-0.1, -0.05) is 31.4 Å². The zero-order valence-electron chi connectivity index (χ0n) is 15.2. The van der Waals surface area contributed by atoms with Crippen molar-refractivity contribution in [1.82, 2.24) is 10.2 Å². The summed E-state index contributed by atoms with van der Waals surface area (Å²) >= 11 is 0.